The van der Waals surface area contributed by atoms with Gasteiger partial charge in [-0.05, 0) is 13.3 Å². The summed E-state index contributed by atoms with van der Waals surface area (Å²) in [5.41, 5.74) is 0.344. The fourth-order valence-corrected chi connectivity index (χ4v) is 1.86. The SMILES string of the molecule is CC1OCCC1N(C)C(=O)c1cn[nH]n1. The van der Waals surface area contributed by atoms with Gasteiger partial charge in [-0.3, -0.25) is 4.79 Å². The summed E-state index contributed by atoms with van der Waals surface area (Å²) >= 11 is 0. The maximum absolute atomic E-state index is 11.9. The van der Waals surface area contributed by atoms with Crippen LogP contribution in [-0.2, 0) is 4.74 Å². The molecule has 6 nitrogen and oxygen atoms in total. The third kappa shape index (κ3) is 1.85. The lowest BCUT2D eigenvalue weighted by atomic mass is 10.1. The molecule has 82 valence electrons. The van der Waals surface area contributed by atoms with Crippen molar-refractivity contribution in [2.75, 3.05) is 13.7 Å². The molecule has 2 atom stereocenters. The molecule has 1 aliphatic heterocycles. The van der Waals surface area contributed by atoms with E-state index in [1.807, 2.05) is 6.92 Å². The number of rotatable bonds is 2. The Hall–Kier alpha value is -1.43. The molecule has 1 N–H and O–H groups in total. The molecule has 0 aliphatic carbocycles. The average Bonchev–Trinajstić information content (AvgIpc) is 2.85. The first-order valence-electron chi connectivity index (χ1n) is 4.94. The van der Waals surface area contributed by atoms with E-state index in [1.165, 1.54) is 6.20 Å². The summed E-state index contributed by atoms with van der Waals surface area (Å²) < 4.78 is 5.42. The molecule has 0 saturated carbocycles. The van der Waals surface area contributed by atoms with E-state index in [-0.39, 0.29) is 18.1 Å². The van der Waals surface area contributed by atoms with Crippen LogP contribution in [0.3, 0.4) is 0 Å². The summed E-state index contributed by atoms with van der Waals surface area (Å²) in [4.78, 5) is 13.6. The molecule has 15 heavy (non-hydrogen) atoms. The average molecular weight is 210 g/mol. The minimum atomic E-state index is -0.119. The molecule has 0 spiro atoms. The first-order valence-corrected chi connectivity index (χ1v) is 4.94. The molecule has 0 bridgehead atoms. The smallest absolute Gasteiger partial charge is 0.276 e. The molecule has 6 heteroatoms. The number of H-pyrrole nitrogens is 1. The van der Waals surface area contributed by atoms with Crippen LogP contribution in [0.15, 0.2) is 6.20 Å². The van der Waals surface area contributed by atoms with Crippen LogP contribution < -0.4 is 0 Å². The van der Waals surface area contributed by atoms with Crippen LogP contribution in [-0.4, -0.2) is 52.0 Å². The lowest BCUT2D eigenvalue weighted by Crippen LogP contribution is -2.41. The first-order chi connectivity index (χ1) is 7.20. The van der Waals surface area contributed by atoms with Gasteiger partial charge in [0.05, 0.1) is 18.3 Å². The lowest BCUT2D eigenvalue weighted by Gasteiger charge is -2.25. The maximum atomic E-state index is 11.9. The Labute approximate surface area is 87.6 Å². The van der Waals surface area contributed by atoms with Crippen LogP contribution in [0.2, 0.25) is 0 Å². The van der Waals surface area contributed by atoms with Crippen LogP contribution in [0.5, 0.6) is 0 Å². The van der Waals surface area contributed by atoms with Gasteiger partial charge in [0.15, 0.2) is 5.69 Å². The van der Waals surface area contributed by atoms with E-state index >= 15 is 0 Å². The second kappa shape index (κ2) is 3.98. The fraction of sp³-hybridized carbons (Fsp3) is 0.667. The Balaban J connectivity index is 2.07. The van der Waals surface area contributed by atoms with Gasteiger partial charge in [-0.25, -0.2) is 0 Å². The van der Waals surface area contributed by atoms with Crippen molar-refractivity contribution in [3.8, 4) is 0 Å². The van der Waals surface area contributed by atoms with E-state index < -0.39 is 0 Å². The number of aromatic amines is 1. The largest absolute Gasteiger partial charge is 0.376 e. The number of nitrogens with zero attached hydrogens (tertiary/aromatic N) is 3. The monoisotopic (exact) mass is 210 g/mol. The quantitative estimate of drug-likeness (QED) is 0.749. The Bertz CT molecular complexity index is 338. The molecule has 1 fully saturated rings. The summed E-state index contributed by atoms with van der Waals surface area (Å²) in [5.74, 6) is -0.119. The van der Waals surface area contributed by atoms with Crippen molar-refractivity contribution in [2.24, 2.45) is 0 Å². The molecule has 1 saturated heterocycles. The number of hydrogen-bond acceptors (Lipinski definition) is 4. The van der Waals surface area contributed by atoms with Crippen LogP contribution in [0.4, 0.5) is 0 Å². The zero-order valence-corrected chi connectivity index (χ0v) is 8.80. The van der Waals surface area contributed by atoms with E-state index in [4.69, 9.17) is 4.74 Å². The first kappa shape index (κ1) is 10.1. The summed E-state index contributed by atoms with van der Waals surface area (Å²) in [6.45, 7) is 2.69. The Morgan fingerprint density at radius 2 is 2.53 bits per heavy atom. The van der Waals surface area contributed by atoms with Gasteiger partial charge in [0, 0.05) is 13.7 Å². The number of aromatic nitrogens is 3. The minimum Gasteiger partial charge on any atom is -0.376 e. The van der Waals surface area contributed by atoms with Crippen molar-refractivity contribution in [3.05, 3.63) is 11.9 Å². The number of nitrogens with one attached hydrogen (secondary N) is 1. The standard InChI is InChI=1S/C9H14N4O2/c1-6-8(3-4-15-6)13(2)9(14)7-5-10-12-11-7/h5-6,8H,3-4H2,1-2H3,(H,10,11,12). The second-order valence-electron chi connectivity index (χ2n) is 3.70. The summed E-state index contributed by atoms with van der Waals surface area (Å²) in [6, 6.07) is 0.134. The normalized spacial score (nSPS) is 25.5. The Morgan fingerprint density at radius 1 is 1.73 bits per heavy atom. The molecule has 0 aromatic carbocycles. The van der Waals surface area contributed by atoms with E-state index in [2.05, 4.69) is 15.4 Å². The molecule has 2 unspecified atom stereocenters. The topological polar surface area (TPSA) is 71.1 Å². The minimum absolute atomic E-state index is 0.0888. The van der Waals surface area contributed by atoms with Gasteiger partial charge >= 0.3 is 0 Å². The van der Waals surface area contributed by atoms with Crippen LogP contribution in [0.1, 0.15) is 23.8 Å². The molecular formula is C9H14N4O2. The van der Waals surface area contributed by atoms with E-state index in [0.29, 0.717) is 12.3 Å². The van der Waals surface area contributed by atoms with Gasteiger partial charge in [0.2, 0.25) is 0 Å². The fourth-order valence-electron chi connectivity index (χ4n) is 1.86. The van der Waals surface area contributed by atoms with Crippen LogP contribution in [0, 0.1) is 0 Å². The number of carbonyl (C=O) groups excluding carboxylic acids is 1. The van der Waals surface area contributed by atoms with Gasteiger partial charge in [-0.2, -0.15) is 15.4 Å². The zero-order chi connectivity index (χ0) is 10.8. The van der Waals surface area contributed by atoms with Crippen molar-refractivity contribution in [1.29, 1.82) is 0 Å². The molecule has 1 aromatic rings. The second-order valence-corrected chi connectivity index (χ2v) is 3.70. The molecule has 1 aromatic heterocycles. The summed E-state index contributed by atoms with van der Waals surface area (Å²) in [5, 5.41) is 9.81. The van der Waals surface area contributed by atoms with E-state index in [1.54, 1.807) is 11.9 Å². The number of carbonyl (C=O) groups is 1. The van der Waals surface area contributed by atoms with Crippen molar-refractivity contribution in [3.63, 3.8) is 0 Å². The highest BCUT2D eigenvalue weighted by atomic mass is 16.5. The van der Waals surface area contributed by atoms with E-state index in [0.717, 1.165) is 6.42 Å². The van der Waals surface area contributed by atoms with Gasteiger partial charge in [0.1, 0.15) is 0 Å². The zero-order valence-electron chi connectivity index (χ0n) is 8.80. The number of ether oxygens (including phenoxy) is 1. The molecule has 1 aliphatic rings. The molecule has 2 rings (SSSR count). The Morgan fingerprint density at radius 3 is 3.07 bits per heavy atom. The van der Waals surface area contributed by atoms with Crippen LogP contribution >= 0.6 is 0 Å². The van der Waals surface area contributed by atoms with Crippen molar-refractivity contribution in [1.82, 2.24) is 20.3 Å². The third-order valence-corrected chi connectivity index (χ3v) is 2.79. The van der Waals surface area contributed by atoms with Gasteiger partial charge in [0.25, 0.3) is 5.91 Å². The maximum Gasteiger partial charge on any atom is 0.276 e. The van der Waals surface area contributed by atoms with Gasteiger partial charge in [-0.15, -0.1) is 0 Å². The summed E-state index contributed by atoms with van der Waals surface area (Å²) in [6.07, 6.45) is 2.39. The molecule has 0 radical (unpaired) electrons. The van der Waals surface area contributed by atoms with Crippen molar-refractivity contribution < 1.29 is 9.53 Å². The highest BCUT2D eigenvalue weighted by Crippen LogP contribution is 2.19. The number of likely N-dealkylation sites (N-methyl/N-ethyl adjacent to an activating group) is 1. The van der Waals surface area contributed by atoms with Crippen LogP contribution in [0.25, 0.3) is 0 Å². The third-order valence-electron chi connectivity index (χ3n) is 2.79. The molecule has 2 heterocycles. The van der Waals surface area contributed by atoms with Crippen molar-refractivity contribution in [2.45, 2.75) is 25.5 Å². The number of amides is 1. The van der Waals surface area contributed by atoms with Gasteiger partial charge < -0.3 is 9.64 Å². The van der Waals surface area contributed by atoms with E-state index in [9.17, 15) is 4.79 Å². The molecular weight excluding hydrogens is 196 g/mol. The van der Waals surface area contributed by atoms with Crippen molar-refractivity contribution >= 4 is 5.91 Å². The predicted octanol–water partition coefficient (Wildman–Crippen LogP) is 0.0541. The Kier molecular flexibility index (Phi) is 2.68. The predicted molar refractivity (Wildman–Crippen MR) is 52.3 cm³/mol. The highest BCUT2D eigenvalue weighted by Gasteiger charge is 2.31. The number of hydrogen-bond donors (Lipinski definition) is 1. The molecule has 1 amide bonds. The highest BCUT2D eigenvalue weighted by molar-refractivity contribution is 5.91. The summed E-state index contributed by atoms with van der Waals surface area (Å²) in [7, 11) is 1.77. The van der Waals surface area contributed by atoms with Gasteiger partial charge in [-0.1, -0.05) is 0 Å². The lowest BCUT2D eigenvalue weighted by molar-refractivity contribution is 0.0570.